The smallest absolute Gasteiger partial charge is 0.138 e. The number of azide groups is 1. The van der Waals surface area contributed by atoms with E-state index in [0.717, 1.165) is 25.0 Å². The predicted molar refractivity (Wildman–Crippen MR) is 51.1 cm³/mol. The molecule has 0 N–H and O–H groups in total. The molecule has 2 rings (SSSR count). The summed E-state index contributed by atoms with van der Waals surface area (Å²) in [5, 5.41) is 7.72. The van der Waals surface area contributed by atoms with Gasteiger partial charge in [0.25, 0.3) is 0 Å². The third kappa shape index (κ3) is 1.75. The van der Waals surface area contributed by atoms with Gasteiger partial charge in [-0.2, -0.15) is 5.10 Å². The third-order valence-electron chi connectivity index (χ3n) is 2.23. The molecule has 6 heteroatoms. The maximum absolute atomic E-state index is 8.33. The molecule has 1 unspecified atom stereocenters. The van der Waals surface area contributed by atoms with Crippen LogP contribution in [0.3, 0.4) is 0 Å². The molecule has 0 aromatic carbocycles. The van der Waals surface area contributed by atoms with Gasteiger partial charge in [-0.25, -0.2) is 9.67 Å². The Morgan fingerprint density at radius 3 is 3.29 bits per heavy atom. The molecule has 72 valence electrons. The molecule has 0 fully saturated rings. The summed E-state index contributed by atoms with van der Waals surface area (Å²) in [4.78, 5) is 6.69. The van der Waals surface area contributed by atoms with E-state index in [1.165, 1.54) is 6.33 Å². The Balaban J connectivity index is 2.23. The first-order chi connectivity index (χ1) is 6.90. The Hall–Kier alpha value is -1.81. The van der Waals surface area contributed by atoms with E-state index in [4.69, 9.17) is 5.53 Å². The van der Waals surface area contributed by atoms with Gasteiger partial charge >= 0.3 is 0 Å². The maximum Gasteiger partial charge on any atom is 0.138 e. The Labute approximate surface area is 80.9 Å². The molecule has 0 saturated carbocycles. The van der Waals surface area contributed by atoms with Gasteiger partial charge in [0.05, 0.1) is 6.04 Å². The van der Waals surface area contributed by atoms with Crippen LogP contribution in [0.5, 0.6) is 0 Å². The molecule has 1 atom stereocenters. The average molecular weight is 190 g/mol. The van der Waals surface area contributed by atoms with Crippen LogP contribution in [-0.2, 0) is 0 Å². The van der Waals surface area contributed by atoms with Crippen LogP contribution in [-0.4, -0.2) is 20.8 Å². The quantitative estimate of drug-likeness (QED) is 0.406. The summed E-state index contributed by atoms with van der Waals surface area (Å²) in [6, 6.07) is -0.0343. The standard InChI is InChI=1S/C8H10N6/c9-13-12-7-2-1-3-8(4-7)14-6-10-5-11-14/h4-7H,1-3H2. The van der Waals surface area contributed by atoms with Gasteiger partial charge in [0.15, 0.2) is 0 Å². The van der Waals surface area contributed by atoms with Crippen molar-refractivity contribution in [3.8, 4) is 0 Å². The summed E-state index contributed by atoms with van der Waals surface area (Å²) < 4.78 is 1.72. The molecule has 0 bridgehead atoms. The predicted octanol–water partition coefficient (Wildman–Crippen LogP) is 1.98. The fourth-order valence-electron chi connectivity index (χ4n) is 1.59. The molecule has 1 heterocycles. The van der Waals surface area contributed by atoms with Gasteiger partial charge in [0.1, 0.15) is 12.7 Å². The highest BCUT2D eigenvalue weighted by Crippen LogP contribution is 2.22. The number of hydrogen-bond donors (Lipinski definition) is 0. The molecule has 0 spiro atoms. The van der Waals surface area contributed by atoms with Crippen molar-refractivity contribution < 1.29 is 0 Å². The molecule has 0 saturated heterocycles. The fraction of sp³-hybridized carbons (Fsp3) is 0.500. The summed E-state index contributed by atoms with van der Waals surface area (Å²) in [7, 11) is 0. The SMILES string of the molecule is [N-]=[N+]=NC1C=C(n2cncn2)CCC1. The van der Waals surface area contributed by atoms with Crippen molar-refractivity contribution in [2.24, 2.45) is 5.11 Å². The van der Waals surface area contributed by atoms with E-state index in [9.17, 15) is 0 Å². The van der Waals surface area contributed by atoms with Crippen LogP contribution < -0.4 is 0 Å². The van der Waals surface area contributed by atoms with Crippen molar-refractivity contribution in [2.75, 3.05) is 0 Å². The van der Waals surface area contributed by atoms with Crippen molar-refractivity contribution in [1.29, 1.82) is 0 Å². The lowest BCUT2D eigenvalue weighted by Gasteiger charge is -2.16. The molecular weight excluding hydrogens is 180 g/mol. The monoisotopic (exact) mass is 190 g/mol. The van der Waals surface area contributed by atoms with Gasteiger partial charge in [-0.15, -0.1) is 0 Å². The van der Waals surface area contributed by atoms with Crippen LogP contribution in [0, 0.1) is 0 Å². The Kier molecular flexibility index (Phi) is 2.46. The lowest BCUT2D eigenvalue weighted by Crippen LogP contribution is -2.10. The zero-order chi connectivity index (χ0) is 9.80. The molecule has 1 aliphatic carbocycles. The van der Waals surface area contributed by atoms with E-state index < -0.39 is 0 Å². The van der Waals surface area contributed by atoms with Gasteiger partial charge in [0, 0.05) is 10.6 Å². The maximum atomic E-state index is 8.33. The Morgan fingerprint density at radius 2 is 2.57 bits per heavy atom. The molecule has 1 aromatic rings. The number of nitrogens with zero attached hydrogens (tertiary/aromatic N) is 6. The average Bonchev–Trinajstić information content (AvgIpc) is 2.71. The molecule has 6 nitrogen and oxygen atoms in total. The summed E-state index contributed by atoms with van der Waals surface area (Å²) in [6.07, 6.45) is 8.01. The first-order valence-electron chi connectivity index (χ1n) is 4.50. The van der Waals surface area contributed by atoms with Crippen molar-refractivity contribution in [1.82, 2.24) is 14.8 Å². The second-order valence-electron chi connectivity index (χ2n) is 3.16. The second kappa shape index (κ2) is 3.93. The summed E-state index contributed by atoms with van der Waals surface area (Å²) >= 11 is 0. The third-order valence-corrected chi connectivity index (χ3v) is 2.23. The summed E-state index contributed by atoms with van der Waals surface area (Å²) in [5.74, 6) is 0. The number of rotatable bonds is 2. The van der Waals surface area contributed by atoms with Gasteiger partial charge in [-0.05, 0) is 24.8 Å². The van der Waals surface area contributed by atoms with Crippen molar-refractivity contribution >= 4 is 5.70 Å². The van der Waals surface area contributed by atoms with Gasteiger partial charge in [0.2, 0.25) is 0 Å². The number of allylic oxidation sites excluding steroid dienone is 1. The van der Waals surface area contributed by atoms with Gasteiger partial charge < -0.3 is 0 Å². The minimum absolute atomic E-state index is 0.0343. The van der Waals surface area contributed by atoms with E-state index in [1.807, 2.05) is 6.08 Å². The normalized spacial score (nSPS) is 21.1. The zero-order valence-electron chi connectivity index (χ0n) is 7.61. The van der Waals surface area contributed by atoms with Crippen LogP contribution >= 0.6 is 0 Å². The van der Waals surface area contributed by atoms with Gasteiger partial charge in [-0.3, -0.25) is 0 Å². The van der Waals surface area contributed by atoms with Crippen LogP contribution in [0.15, 0.2) is 23.8 Å². The van der Waals surface area contributed by atoms with E-state index >= 15 is 0 Å². The highest BCUT2D eigenvalue weighted by Gasteiger charge is 2.13. The van der Waals surface area contributed by atoms with Crippen molar-refractivity contribution in [3.05, 3.63) is 29.2 Å². The molecular formula is C8H10N6. The topological polar surface area (TPSA) is 79.5 Å². The minimum atomic E-state index is -0.0343. The molecule has 14 heavy (non-hydrogen) atoms. The summed E-state index contributed by atoms with van der Waals surface area (Å²) in [5.41, 5.74) is 9.39. The first-order valence-corrected chi connectivity index (χ1v) is 4.50. The zero-order valence-corrected chi connectivity index (χ0v) is 7.61. The van der Waals surface area contributed by atoms with Crippen LogP contribution in [0.2, 0.25) is 0 Å². The highest BCUT2D eigenvalue weighted by atomic mass is 15.3. The van der Waals surface area contributed by atoms with Crippen LogP contribution in [0.4, 0.5) is 0 Å². The van der Waals surface area contributed by atoms with Gasteiger partial charge in [-0.1, -0.05) is 11.2 Å². The minimum Gasteiger partial charge on any atom is -0.225 e. The van der Waals surface area contributed by atoms with Crippen LogP contribution in [0.1, 0.15) is 19.3 Å². The lowest BCUT2D eigenvalue weighted by molar-refractivity contribution is 0.628. The fourth-order valence-corrected chi connectivity index (χ4v) is 1.59. The van der Waals surface area contributed by atoms with E-state index in [2.05, 4.69) is 20.1 Å². The number of hydrogen-bond acceptors (Lipinski definition) is 3. The Bertz CT molecular complexity index is 373. The van der Waals surface area contributed by atoms with Crippen molar-refractivity contribution in [2.45, 2.75) is 25.3 Å². The molecule has 0 aliphatic heterocycles. The number of aromatic nitrogens is 3. The molecule has 1 aliphatic rings. The molecule has 0 radical (unpaired) electrons. The first kappa shape index (κ1) is 8.77. The highest BCUT2D eigenvalue weighted by molar-refractivity contribution is 5.45. The van der Waals surface area contributed by atoms with Crippen LogP contribution in [0.25, 0.3) is 16.1 Å². The Morgan fingerprint density at radius 1 is 1.64 bits per heavy atom. The summed E-state index contributed by atoms with van der Waals surface area (Å²) in [6.45, 7) is 0. The molecule has 1 aromatic heterocycles. The van der Waals surface area contributed by atoms with E-state index in [1.54, 1.807) is 11.0 Å². The largest absolute Gasteiger partial charge is 0.225 e. The lowest BCUT2D eigenvalue weighted by atomic mass is 10.0. The van der Waals surface area contributed by atoms with E-state index in [-0.39, 0.29) is 6.04 Å². The second-order valence-corrected chi connectivity index (χ2v) is 3.16. The molecule has 0 amide bonds. The van der Waals surface area contributed by atoms with Crippen molar-refractivity contribution in [3.63, 3.8) is 0 Å². The van der Waals surface area contributed by atoms with E-state index in [0.29, 0.717) is 0 Å².